The standard InChI is InChI=1S/C22H13BrN2O2/c23-15-7-5-8-16(13-15)24-18-10-3-4-11-19(18)25-20(22(24)27)12-14-6-1-2-9-17(14)21(25)26/h1-13H. The molecule has 0 saturated heterocycles. The van der Waals surface area contributed by atoms with Crippen molar-refractivity contribution in [3.05, 3.63) is 104 Å². The monoisotopic (exact) mass is 416 g/mol. The quantitative estimate of drug-likeness (QED) is 0.297. The Morgan fingerprint density at radius 3 is 2.22 bits per heavy atom. The molecule has 3 aromatic carbocycles. The van der Waals surface area contributed by atoms with E-state index in [1.54, 1.807) is 16.7 Å². The van der Waals surface area contributed by atoms with Crippen molar-refractivity contribution in [1.82, 2.24) is 8.97 Å². The minimum Gasteiger partial charge on any atom is -0.274 e. The number of halogens is 1. The number of pyridine rings is 1. The second kappa shape index (κ2) is 5.93. The van der Waals surface area contributed by atoms with Crippen molar-refractivity contribution < 1.29 is 0 Å². The molecule has 0 N–H and O–H groups in total. The smallest absolute Gasteiger partial charge is 0.274 e. The summed E-state index contributed by atoms with van der Waals surface area (Å²) in [5, 5.41) is 1.36. The van der Waals surface area contributed by atoms with Crippen molar-refractivity contribution in [1.29, 1.82) is 0 Å². The van der Waals surface area contributed by atoms with E-state index in [0.717, 1.165) is 15.5 Å². The Kier molecular flexibility index (Phi) is 3.52. The summed E-state index contributed by atoms with van der Waals surface area (Å²) in [5.74, 6) is 0. The molecule has 0 fully saturated rings. The molecule has 130 valence electrons. The van der Waals surface area contributed by atoms with Crippen molar-refractivity contribution >= 4 is 43.3 Å². The van der Waals surface area contributed by atoms with Gasteiger partial charge in [-0.15, -0.1) is 0 Å². The molecule has 0 radical (unpaired) electrons. The van der Waals surface area contributed by atoms with Gasteiger partial charge in [0.1, 0.15) is 5.52 Å². The molecule has 0 atom stereocenters. The third-order valence-corrected chi connectivity index (χ3v) is 5.27. The maximum atomic E-state index is 13.4. The van der Waals surface area contributed by atoms with Crippen LogP contribution in [0.2, 0.25) is 0 Å². The first-order valence-electron chi connectivity index (χ1n) is 8.49. The first-order valence-corrected chi connectivity index (χ1v) is 9.29. The van der Waals surface area contributed by atoms with E-state index in [2.05, 4.69) is 15.9 Å². The summed E-state index contributed by atoms with van der Waals surface area (Å²) in [6, 6.07) is 24.2. The number of fused-ring (bicyclic) bond motifs is 4. The van der Waals surface area contributed by atoms with Gasteiger partial charge in [0, 0.05) is 9.86 Å². The van der Waals surface area contributed by atoms with Crippen LogP contribution in [0, 0.1) is 0 Å². The number of rotatable bonds is 1. The van der Waals surface area contributed by atoms with Crippen molar-refractivity contribution in [2.75, 3.05) is 0 Å². The summed E-state index contributed by atoms with van der Waals surface area (Å²) < 4.78 is 4.06. The average Bonchev–Trinajstić information content (AvgIpc) is 2.68. The topological polar surface area (TPSA) is 43.5 Å². The lowest BCUT2D eigenvalue weighted by atomic mass is 10.1. The molecule has 27 heavy (non-hydrogen) atoms. The second-order valence-electron chi connectivity index (χ2n) is 6.37. The van der Waals surface area contributed by atoms with Gasteiger partial charge in [0.2, 0.25) is 0 Å². The lowest BCUT2D eigenvalue weighted by Gasteiger charge is -2.15. The van der Waals surface area contributed by atoms with Crippen LogP contribution in [0.25, 0.3) is 33.0 Å². The zero-order valence-electron chi connectivity index (χ0n) is 14.1. The van der Waals surface area contributed by atoms with Crippen LogP contribution < -0.4 is 11.1 Å². The molecule has 2 aromatic heterocycles. The summed E-state index contributed by atoms with van der Waals surface area (Å²) in [7, 11) is 0. The minimum atomic E-state index is -0.227. The normalized spacial score (nSPS) is 11.4. The van der Waals surface area contributed by atoms with Gasteiger partial charge in [-0.2, -0.15) is 0 Å². The van der Waals surface area contributed by atoms with E-state index in [-0.39, 0.29) is 11.1 Å². The third kappa shape index (κ3) is 2.35. The number of para-hydroxylation sites is 2. The fourth-order valence-corrected chi connectivity index (χ4v) is 3.98. The van der Waals surface area contributed by atoms with Crippen LogP contribution in [0.5, 0.6) is 0 Å². The van der Waals surface area contributed by atoms with Crippen LogP contribution in [-0.4, -0.2) is 8.97 Å². The molecular weight excluding hydrogens is 404 g/mol. The van der Waals surface area contributed by atoms with Crippen LogP contribution >= 0.6 is 15.9 Å². The molecule has 5 rings (SSSR count). The van der Waals surface area contributed by atoms with Crippen LogP contribution in [0.3, 0.4) is 0 Å². The van der Waals surface area contributed by atoms with Crippen molar-refractivity contribution in [3.63, 3.8) is 0 Å². The Labute approximate surface area is 162 Å². The first-order chi connectivity index (χ1) is 13.1. The summed E-state index contributed by atoms with van der Waals surface area (Å²) in [6.45, 7) is 0. The molecule has 0 spiro atoms. The zero-order valence-corrected chi connectivity index (χ0v) is 15.7. The fourth-order valence-electron chi connectivity index (χ4n) is 3.59. The molecule has 0 aliphatic carbocycles. The van der Waals surface area contributed by atoms with Crippen molar-refractivity contribution in [2.45, 2.75) is 0 Å². The number of hydrogen-bond acceptors (Lipinski definition) is 2. The predicted molar refractivity (Wildman–Crippen MR) is 112 cm³/mol. The van der Waals surface area contributed by atoms with E-state index in [1.807, 2.05) is 66.7 Å². The van der Waals surface area contributed by atoms with Gasteiger partial charge in [0.15, 0.2) is 0 Å². The van der Waals surface area contributed by atoms with Gasteiger partial charge in [0.25, 0.3) is 11.1 Å². The van der Waals surface area contributed by atoms with Gasteiger partial charge in [-0.3, -0.25) is 18.6 Å². The first kappa shape index (κ1) is 16.0. The third-order valence-electron chi connectivity index (χ3n) is 4.78. The summed E-state index contributed by atoms with van der Waals surface area (Å²) in [6.07, 6.45) is 0. The van der Waals surface area contributed by atoms with Crippen LogP contribution in [0.4, 0.5) is 0 Å². The van der Waals surface area contributed by atoms with Gasteiger partial charge >= 0.3 is 0 Å². The lowest BCUT2D eigenvalue weighted by molar-refractivity contribution is 1.01. The van der Waals surface area contributed by atoms with E-state index in [4.69, 9.17) is 0 Å². The Morgan fingerprint density at radius 1 is 0.667 bits per heavy atom. The van der Waals surface area contributed by atoms with E-state index in [9.17, 15) is 9.59 Å². The molecular formula is C22H13BrN2O2. The van der Waals surface area contributed by atoms with Crippen LogP contribution in [-0.2, 0) is 0 Å². The van der Waals surface area contributed by atoms with Crippen molar-refractivity contribution in [2.24, 2.45) is 0 Å². The molecule has 0 amide bonds. The number of hydrogen-bond donors (Lipinski definition) is 0. The van der Waals surface area contributed by atoms with E-state index in [0.29, 0.717) is 21.9 Å². The van der Waals surface area contributed by atoms with Gasteiger partial charge in [-0.05, 0) is 47.9 Å². The maximum absolute atomic E-state index is 13.4. The Balaban J connectivity index is 2.09. The van der Waals surface area contributed by atoms with E-state index in [1.165, 1.54) is 4.40 Å². The SMILES string of the molecule is O=c1c2cc3ccccc3c(=O)n2c2ccccc2n1-c1cccc(Br)c1. The van der Waals surface area contributed by atoms with Crippen LogP contribution in [0.1, 0.15) is 0 Å². The second-order valence-corrected chi connectivity index (χ2v) is 7.28. The molecule has 2 heterocycles. The van der Waals surface area contributed by atoms with Gasteiger partial charge in [-0.1, -0.05) is 52.3 Å². The highest BCUT2D eigenvalue weighted by molar-refractivity contribution is 9.10. The molecule has 0 aliphatic heterocycles. The fraction of sp³-hybridized carbons (Fsp3) is 0. The highest BCUT2D eigenvalue weighted by atomic mass is 79.9. The lowest BCUT2D eigenvalue weighted by Crippen LogP contribution is -2.27. The molecule has 0 saturated carbocycles. The number of benzene rings is 3. The van der Waals surface area contributed by atoms with Crippen molar-refractivity contribution in [3.8, 4) is 5.69 Å². The Bertz CT molecular complexity index is 1480. The highest BCUT2D eigenvalue weighted by Crippen LogP contribution is 2.21. The largest absolute Gasteiger partial charge is 0.280 e. The Hall–Kier alpha value is -3.18. The predicted octanol–water partition coefficient (Wildman–Crippen LogP) is 4.52. The summed E-state index contributed by atoms with van der Waals surface area (Å²) in [4.78, 5) is 26.6. The molecule has 4 nitrogen and oxygen atoms in total. The van der Waals surface area contributed by atoms with E-state index >= 15 is 0 Å². The van der Waals surface area contributed by atoms with Crippen LogP contribution in [0.15, 0.2) is 92.9 Å². The molecule has 5 heteroatoms. The van der Waals surface area contributed by atoms with Gasteiger partial charge in [0.05, 0.1) is 16.7 Å². The number of aromatic nitrogens is 2. The molecule has 0 bridgehead atoms. The Morgan fingerprint density at radius 2 is 1.41 bits per heavy atom. The summed E-state index contributed by atoms with van der Waals surface area (Å²) in [5.41, 5.74) is 2.08. The minimum absolute atomic E-state index is 0.183. The molecule has 0 aliphatic rings. The number of nitrogens with zero attached hydrogens (tertiary/aromatic N) is 2. The average molecular weight is 417 g/mol. The van der Waals surface area contributed by atoms with E-state index < -0.39 is 0 Å². The zero-order chi connectivity index (χ0) is 18.5. The van der Waals surface area contributed by atoms with Gasteiger partial charge < -0.3 is 0 Å². The maximum Gasteiger partial charge on any atom is 0.280 e. The van der Waals surface area contributed by atoms with Gasteiger partial charge in [-0.25, -0.2) is 0 Å². The molecule has 0 unspecified atom stereocenters. The summed E-state index contributed by atoms with van der Waals surface area (Å²) >= 11 is 3.47. The molecule has 5 aromatic rings. The highest BCUT2D eigenvalue weighted by Gasteiger charge is 2.15.